The molecule has 0 unspecified atom stereocenters. The number of ether oxygens (including phenoxy) is 2. The molecular formula is C19H15BrN2O4. The van der Waals surface area contributed by atoms with Crippen molar-refractivity contribution >= 4 is 39.6 Å². The lowest BCUT2D eigenvalue weighted by Gasteiger charge is -2.09. The third-order valence-electron chi connectivity index (χ3n) is 3.24. The first kappa shape index (κ1) is 19.2. The first-order chi connectivity index (χ1) is 12.4. The summed E-state index contributed by atoms with van der Waals surface area (Å²) in [4.78, 5) is 23.4. The zero-order valence-electron chi connectivity index (χ0n) is 14.1. The van der Waals surface area contributed by atoms with E-state index in [0.29, 0.717) is 27.2 Å². The lowest BCUT2D eigenvalue weighted by atomic mass is 10.1. The molecule has 1 amide bonds. The summed E-state index contributed by atoms with van der Waals surface area (Å²) >= 11 is 3.29. The van der Waals surface area contributed by atoms with Crippen LogP contribution in [0.25, 0.3) is 6.08 Å². The second-order valence-corrected chi connectivity index (χ2v) is 5.96. The van der Waals surface area contributed by atoms with Gasteiger partial charge in [0.2, 0.25) is 0 Å². The van der Waals surface area contributed by atoms with Crippen LogP contribution in [-0.2, 0) is 9.59 Å². The molecule has 0 saturated carbocycles. The molecule has 0 fully saturated rings. The highest BCUT2D eigenvalue weighted by molar-refractivity contribution is 9.10. The number of hydrogen-bond acceptors (Lipinski definition) is 5. The molecule has 0 aliphatic carbocycles. The van der Waals surface area contributed by atoms with Crippen LogP contribution < -0.4 is 14.8 Å². The Kier molecular flexibility index (Phi) is 6.53. The number of nitrogens with zero attached hydrogens (tertiary/aromatic N) is 1. The summed E-state index contributed by atoms with van der Waals surface area (Å²) in [5.74, 6) is -0.154. The molecule has 132 valence electrons. The van der Waals surface area contributed by atoms with Gasteiger partial charge in [-0.2, -0.15) is 5.26 Å². The minimum atomic E-state index is -0.558. The van der Waals surface area contributed by atoms with Gasteiger partial charge < -0.3 is 14.8 Å². The number of nitriles is 1. The third kappa shape index (κ3) is 4.94. The molecule has 0 bridgehead atoms. The van der Waals surface area contributed by atoms with E-state index in [1.807, 2.05) is 6.07 Å². The molecule has 0 radical (unpaired) electrons. The summed E-state index contributed by atoms with van der Waals surface area (Å²) in [6, 6.07) is 13.6. The molecule has 0 heterocycles. The van der Waals surface area contributed by atoms with Gasteiger partial charge >= 0.3 is 5.97 Å². The SMILES string of the molecule is COc1ccccc1NC(=O)/C(C#N)=C/c1ccc(OC(C)=O)c(Br)c1. The van der Waals surface area contributed by atoms with Crippen molar-refractivity contribution in [3.05, 3.63) is 58.1 Å². The summed E-state index contributed by atoms with van der Waals surface area (Å²) in [5.41, 5.74) is 0.982. The molecule has 0 atom stereocenters. The van der Waals surface area contributed by atoms with E-state index in [4.69, 9.17) is 9.47 Å². The minimum Gasteiger partial charge on any atom is -0.495 e. The Bertz CT molecular complexity index is 916. The van der Waals surface area contributed by atoms with Crippen LogP contribution in [0.2, 0.25) is 0 Å². The van der Waals surface area contributed by atoms with Gasteiger partial charge in [-0.05, 0) is 51.8 Å². The molecule has 0 aliphatic rings. The van der Waals surface area contributed by atoms with Gasteiger partial charge in [0.15, 0.2) is 0 Å². The number of halogens is 1. The van der Waals surface area contributed by atoms with E-state index in [9.17, 15) is 14.9 Å². The zero-order valence-corrected chi connectivity index (χ0v) is 15.7. The second-order valence-electron chi connectivity index (χ2n) is 5.11. The quantitative estimate of drug-likeness (QED) is 0.346. The first-order valence-corrected chi connectivity index (χ1v) is 8.28. The number of carbonyl (C=O) groups excluding carboxylic acids is 2. The number of amides is 1. The predicted molar refractivity (Wildman–Crippen MR) is 101 cm³/mol. The largest absolute Gasteiger partial charge is 0.495 e. The van der Waals surface area contributed by atoms with Gasteiger partial charge in [0.1, 0.15) is 23.1 Å². The highest BCUT2D eigenvalue weighted by Gasteiger charge is 2.13. The topological polar surface area (TPSA) is 88.4 Å². The van der Waals surface area contributed by atoms with Crippen molar-refractivity contribution in [2.45, 2.75) is 6.92 Å². The average molecular weight is 415 g/mol. The van der Waals surface area contributed by atoms with Crippen LogP contribution >= 0.6 is 15.9 Å². The smallest absolute Gasteiger partial charge is 0.308 e. The van der Waals surface area contributed by atoms with Gasteiger partial charge in [0.25, 0.3) is 5.91 Å². The van der Waals surface area contributed by atoms with E-state index >= 15 is 0 Å². The number of methoxy groups -OCH3 is 1. The van der Waals surface area contributed by atoms with Crippen molar-refractivity contribution in [3.8, 4) is 17.6 Å². The molecule has 0 saturated heterocycles. The number of rotatable bonds is 5. The number of para-hydroxylation sites is 2. The summed E-state index contributed by atoms with van der Waals surface area (Å²) in [5, 5.41) is 12.0. The van der Waals surface area contributed by atoms with Crippen LogP contribution in [0.4, 0.5) is 5.69 Å². The zero-order chi connectivity index (χ0) is 19.1. The number of nitrogens with one attached hydrogen (secondary N) is 1. The summed E-state index contributed by atoms with van der Waals surface area (Å²) < 4.78 is 10.7. The maximum Gasteiger partial charge on any atom is 0.308 e. The fraction of sp³-hybridized carbons (Fsp3) is 0.105. The number of hydrogen-bond donors (Lipinski definition) is 1. The molecular weight excluding hydrogens is 400 g/mol. The minimum absolute atomic E-state index is 0.0805. The van der Waals surface area contributed by atoms with E-state index in [2.05, 4.69) is 21.2 Å². The monoisotopic (exact) mass is 414 g/mol. The Hall–Kier alpha value is -3.11. The van der Waals surface area contributed by atoms with Gasteiger partial charge in [0.05, 0.1) is 17.3 Å². The van der Waals surface area contributed by atoms with Crippen molar-refractivity contribution in [1.82, 2.24) is 0 Å². The number of benzene rings is 2. The molecule has 7 heteroatoms. The van der Waals surface area contributed by atoms with Crippen molar-refractivity contribution < 1.29 is 19.1 Å². The van der Waals surface area contributed by atoms with E-state index < -0.39 is 11.9 Å². The van der Waals surface area contributed by atoms with Gasteiger partial charge in [-0.3, -0.25) is 9.59 Å². The van der Waals surface area contributed by atoms with Crippen LogP contribution in [0.3, 0.4) is 0 Å². The maximum atomic E-state index is 12.4. The van der Waals surface area contributed by atoms with Crippen LogP contribution in [0, 0.1) is 11.3 Å². The van der Waals surface area contributed by atoms with Gasteiger partial charge in [-0.1, -0.05) is 18.2 Å². The van der Waals surface area contributed by atoms with Crippen molar-refractivity contribution in [2.24, 2.45) is 0 Å². The van der Waals surface area contributed by atoms with E-state index in [1.54, 1.807) is 42.5 Å². The van der Waals surface area contributed by atoms with E-state index in [-0.39, 0.29) is 5.57 Å². The Labute approximate surface area is 159 Å². The van der Waals surface area contributed by atoms with Crippen LogP contribution in [0.15, 0.2) is 52.5 Å². The Morgan fingerprint density at radius 3 is 2.54 bits per heavy atom. The molecule has 0 aromatic heterocycles. The predicted octanol–water partition coefficient (Wildman–Crippen LogP) is 3.93. The molecule has 2 rings (SSSR count). The lowest BCUT2D eigenvalue weighted by molar-refractivity contribution is -0.131. The van der Waals surface area contributed by atoms with Crippen LogP contribution in [0.1, 0.15) is 12.5 Å². The molecule has 2 aromatic carbocycles. The molecule has 2 aromatic rings. The lowest BCUT2D eigenvalue weighted by Crippen LogP contribution is -2.14. The van der Waals surface area contributed by atoms with Gasteiger partial charge in [0, 0.05) is 6.92 Å². The van der Waals surface area contributed by atoms with Crippen molar-refractivity contribution in [1.29, 1.82) is 5.26 Å². The summed E-state index contributed by atoms with van der Waals surface area (Å²) in [6.45, 7) is 1.30. The molecule has 0 spiro atoms. The molecule has 26 heavy (non-hydrogen) atoms. The standard InChI is InChI=1S/C19H15BrN2O4/c1-12(23)26-17-8-7-13(10-15(17)20)9-14(11-21)19(24)22-16-5-3-4-6-18(16)25-2/h3-10H,1-2H3,(H,22,24)/b14-9+. The number of esters is 1. The summed E-state index contributed by atoms with van der Waals surface area (Å²) in [7, 11) is 1.49. The maximum absolute atomic E-state index is 12.4. The number of carbonyl (C=O) groups is 2. The van der Waals surface area contributed by atoms with E-state index in [0.717, 1.165) is 0 Å². The van der Waals surface area contributed by atoms with Crippen molar-refractivity contribution in [3.63, 3.8) is 0 Å². The van der Waals surface area contributed by atoms with Crippen molar-refractivity contribution in [2.75, 3.05) is 12.4 Å². The number of anilines is 1. The van der Waals surface area contributed by atoms with Crippen LogP contribution in [-0.4, -0.2) is 19.0 Å². The summed E-state index contributed by atoms with van der Waals surface area (Å²) in [6.07, 6.45) is 1.44. The molecule has 6 nitrogen and oxygen atoms in total. The van der Waals surface area contributed by atoms with E-state index in [1.165, 1.54) is 20.1 Å². The molecule has 1 N–H and O–H groups in total. The van der Waals surface area contributed by atoms with Gasteiger partial charge in [-0.25, -0.2) is 0 Å². The average Bonchev–Trinajstić information content (AvgIpc) is 2.61. The highest BCUT2D eigenvalue weighted by Crippen LogP contribution is 2.27. The van der Waals surface area contributed by atoms with Crippen LogP contribution in [0.5, 0.6) is 11.5 Å². The second kappa shape index (κ2) is 8.83. The third-order valence-corrected chi connectivity index (χ3v) is 3.86. The Balaban J connectivity index is 2.24. The molecule has 0 aliphatic heterocycles. The fourth-order valence-electron chi connectivity index (χ4n) is 2.10. The van der Waals surface area contributed by atoms with Gasteiger partial charge in [-0.15, -0.1) is 0 Å². The Morgan fingerprint density at radius 2 is 1.92 bits per heavy atom. The Morgan fingerprint density at radius 1 is 1.19 bits per heavy atom. The fourth-order valence-corrected chi connectivity index (χ4v) is 2.57. The highest BCUT2D eigenvalue weighted by atomic mass is 79.9. The normalized spacial score (nSPS) is 10.6. The first-order valence-electron chi connectivity index (χ1n) is 7.48.